The van der Waals surface area contributed by atoms with Crippen LogP contribution >= 0.6 is 0 Å². The summed E-state index contributed by atoms with van der Waals surface area (Å²) in [5, 5.41) is 15.6. The minimum atomic E-state index is -0.953. The molecule has 2 aliphatic heterocycles. The predicted molar refractivity (Wildman–Crippen MR) is 149 cm³/mol. The maximum Gasteiger partial charge on any atom is 0.336 e. The van der Waals surface area contributed by atoms with Crippen LogP contribution in [0.1, 0.15) is 41.9 Å². The number of carbonyl (C=O) groups is 2. The highest BCUT2D eigenvalue weighted by Gasteiger charge is 2.47. The number of carbonyl (C=O) groups excluding carboxylic acids is 2. The highest BCUT2D eigenvalue weighted by molar-refractivity contribution is 5.97. The van der Waals surface area contributed by atoms with E-state index in [0.29, 0.717) is 23.6 Å². The van der Waals surface area contributed by atoms with Gasteiger partial charge in [0.25, 0.3) is 5.69 Å². The lowest BCUT2D eigenvalue weighted by Gasteiger charge is -2.39. The third kappa shape index (κ3) is 5.06. The van der Waals surface area contributed by atoms with Gasteiger partial charge < -0.3 is 19.5 Å². The van der Waals surface area contributed by atoms with Gasteiger partial charge in [-0.25, -0.2) is 4.79 Å². The van der Waals surface area contributed by atoms with Gasteiger partial charge in [0.2, 0.25) is 6.79 Å². The Bertz CT molecular complexity index is 1580. The molecule has 2 heterocycles. The first kappa shape index (κ1) is 26.3. The number of fused-ring (bicyclic) bond motifs is 2. The molecule has 0 fully saturated rings. The van der Waals surface area contributed by atoms with E-state index in [-0.39, 0.29) is 54.1 Å². The SMILES string of the molecule is CC1=C(C(=O)OCCc2ccccc2)C(c2cc3c(cc2[N+](=O)[O-])OCO3)C2C(=O)CC(c3ccccc3)C=C2N1. The van der Waals surface area contributed by atoms with Gasteiger partial charge in [-0.05, 0) is 24.1 Å². The van der Waals surface area contributed by atoms with E-state index in [1.54, 1.807) is 6.92 Å². The molecule has 3 aliphatic rings. The summed E-state index contributed by atoms with van der Waals surface area (Å²) in [6, 6.07) is 22.1. The lowest BCUT2D eigenvalue weighted by atomic mass is 9.68. The Morgan fingerprint density at radius 2 is 1.71 bits per heavy atom. The van der Waals surface area contributed by atoms with Gasteiger partial charge >= 0.3 is 5.97 Å². The zero-order valence-electron chi connectivity index (χ0n) is 22.4. The van der Waals surface area contributed by atoms with Crippen molar-refractivity contribution in [3.63, 3.8) is 0 Å². The number of allylic oxidation sites excluding steroid dienone is 3. The Labute approximate surface area is 236 Å². The summed E-state index contributed by atoms with van der Waals surface area (Å²) >= 11 is 0. The van der Waals surface area contributed by atoms with Crippen LogP contribution in [0.25, 0.3) is 0 Å². The largest absolute Gasteiger partial charge is 0.462 e. The molecule has 0 bridgehead atoms. The molecule has 3 aromatic carbocycles. The van der Waals surface area contributed by atoms with E-state index in [1.165, 1.54) is 12.1 Å². The van der Waals surface area contributed by atoms with Crippen molar-refractivity contribution in [1.82, 2.24) is 5.32 Å². The minimum absolute atomic E-state index is 0.0717. The zero-order chi connectivity index (χ0) is 28.5. The highest BCUT2D eigenvalue weighted by atomic mass is 16.7. The van der Waals surface area contributed by atoms with Crippen molar-refractivity contribution in [2.45, 2.75) is 31.6 Å². The number of nitrogens with one attached hydrogen (secondary N) is 1. The number of Topliss-reactive ketones (excluding diaryl/α,β-unsaturated/α-hetero) is 1. The van der Waals surface area contributed by atoms with Crippen molar-refractivity contribution >= 4 is 17.4 Å². The summed E-state index contributed by atoms with van der Waals surface area (Å²) in [4.78, 5) is 39.4. The Kier molecular flexibility index (Phi) is 7.01. The monoisotopic (exact) mass is 552 g/mol. The summed E-state index contributed by atoms with van der Waals surface area (Å²) in [6.07, 6.45) is 2.70. The molecular weight excluding hydrogens is 524 g/mol. The van der Waals surface area contributed by atoms with Crippen LogP contribution in [0.4, 0.5) is 5.69 Å². The van der Waals surface area contributed by atoms with Gasteiger partial charge in [0.1, 0.15) is 5.78 Å². The fourth-order valence-corrected chi connectivity index (χ4v) is 5.93. The topological polar surface area (TPSA) is 117 Å². The van der Waals surface area contributed by atoms with E-state index < -0.39 is 22.7 Å². The van der Waals surface area contributed by atoms with Crippen LogP contribution < -0.4 is 14.8 Å². The number of rotatable bonds is 7. The summed E-state index contributed by atoms with van der Waals surface area (Å²) in [6.45, 7) is 1.78. The molecule has 0 saturated heterocycles. The average molecular weight is 553 g/mol. The molecule has 9 heteroatoms. The lowest BCUT2D eigenvalue weighted by Crippen LogP contribution is -2.42. The first-order valence-electron chi connectivity index (χ1n) is 13.5. The van der Waals surface area contributed by atoms with Crippen molar-refractivity contribution in [2.24, 2.45) is 5.92 Å². The normalized spacial score (nSPS) is 21.0. The molecule has 3 unspecified atom stereocenters. The lowest BCUT2D eigenvalue weighted by molar-refractivity contribution is -0.385. The number of nitro benzene ring substituents is 1. The Balaban J connectivity index is 1.43. The van der Waals surface area contributed by atoms with Crippen LogP contribution in [0.5, 0.6) is 11.5 Å². The number of benzene rings is 3. The molecule has 6 rings (SSSR count). The zero-order valence-corrected chi connectivity index (χ0v) is 22.4. The standard InChI is InChI=1S/C32H28N2O7/c1-19-29(32(36)39-13-12-20-8-4-2-5-9-20)30(23-16-27-28(41-18-40-27)17-25(23)34(37)38)31-24(33-19)14-22(15-26(31)35)21-10-6-3-7-11-21/h2-11,14,16-17,22,30-31,33H,12-13,15,18H2,1H3. The van der Waals surface area contributed by atoms with Crippen molar-refractivity contribution in [3.05, 3.63) is 123 Å². The molecule has 0 aromatic heterocycles. The van der Waals surface area contributed by atoms with E-state index in [4.69, 9.17) is 14.2 Å². The van der Waals surface area contributed by atoms with Crippen LogP contribution in [0, 0.1) is 16.0 Å². The Hall–Kier alpha value is -4.92. The minimum Gasteiger partial charge on any atom is -0.462 e. The van der Waals surface area contributed by atoms with E-state index >= 15 is 0 Å². The van der Waals surface area contributed by atoms with Gasteiger partial charge in [0.05, 0.1) is 29.1 Å². The highest BCUT2D eigenvalue weighted by Crippen LogP contribution is 2.50. The van der Waals surface area contributed by atoms with Gasteiger partial charge in [0, 0.05) is 41.6 Å². The van der Waals surface area contributed by atoms with Crippen LogP contribution in [-0.4, -0.2) is 30.1 Å². The number of ketones is 1. The quantitative estimate of drug-likeness (QED) is 0.238. The first-order chi connectivity index (χ1) is 19.9. The average Bonchev–Trinajstić information content (AvgIpc) is 3.44. The molecule has 41 heavy (non-hydrogen) atoms. The van der Waals surface area contributed by atoms with E-state index in [2.05, 4.69) is 5.32 Å². The predicted octanol–water partition coefficient (Wildman–Crippen LogP) is 5.33. The van der Waals surface area contributed by atoms with Crippen LogP contribution in [0.15, 0.2) is 95.8 Å². The van der Waals surface area contributed by atoms with Crippen LogP contribution in [0.2, 0.25) is 0 Å². The third-order valence-electron chi connectivity index (χ3n) is 7.83. The molecule has 3 aromatic rings. The number of hydrogen-bond donors (Lipinski definition) is 1. The van der Waals surface area contributed by atoms with Gasteiger partial charge in [-0.15, -0.1) is 0 Å². The van der Waals surface area contributed by atoms with E-state index in [1.807, 2.05) is 66.7 Å². The second-order valence-electron chi connectivity index (χ2n) is 10.3. The molecule has 208 valence electrons. The summed E-state index contributed by atoms with van der Waals surface area (Å²) < 4.78 is 16.7. The molecule has 0 amide bonds. The van der Waals surface area contributed by atoms with Crippen molar-refractivity contribution < 1.29 is 28.7 Å². The van der Waals surface area contributed by atoms with Crippen molar-refractivity contribution in [2.75, 3.05) is 13.4 Å². The molecule has 9 nitrogen and oxygen atoms in total. The van der Waals surface area contributed by atoms with Crippen molar-refractivity contribution in [1.29, 1.82) is 0 Å². The number of hydrogen-bond acceptors (Lipinski definition) is 8. The summed E-state index contributed by atoms with van der Waals surface area (Å²) in [5.41, 5.74) is 3.25. The fourth-order valence-electron chi connectivity index (χ4n) is 5.93. The number of esters is 1. The van der Waals surface area contributed by atoms with E-state index in [9.17, 15) is 19.7 Å². The third-order valence-corrected chi connectivity index (χ3v) is 7.83. The van der Waals surface area contributed by atoms with Gasteiger partial charge in [-0.3, -0.25) is 14.9 Å². The van der Waals surface area contributed by atoms with Crippen molar-refractivity contribution in [3.8, 4) is 11.5 Å². The van der Waals surface area contributed by atoms with Crippen LogP contribution in [-0.2, 0) is 20.7 Å². The molecule has 1 aliphatic carbocycles. The molecule has 1 N–H and O–H groups in total. The van der Waals surface area contributed by atoms with Gasteiger partial charge in [0.15, 0.2) is 11.5 Å². The smallest absolute Gasteiger partial charge is 0.336 e. The fraction of sp³-hybridized carbons (Fsp3) is 0.250. The molecule has 0 saturated carbocycles. The summed E-state index contributed by atoms with van der Waals surface area (Å²) in [7, 11) is 0. The molecular formula is C32H28N2O7. The van der Waals surface area contributed by atoms with Crippen LogP contribution in [0.3, 0.4) is 0 Å². The maximum atomic E-state index is 13.9. The second-order valence-corrected chi connectivity index (χ2v) is 10.3. The molecule has 0 radical (unpaired) electrons. The number of nitrogens with zero attached hydrogens (tertiary/aromatic N) is 1. The number of ether oxygens (including phenoxy) is 3. The molecule has 0 spiro atoms. The number of nitro groups is 1. The van der Waals surface area contributed by atoms with Gasteiger partial charge in [-0.2, -0.15) is 0 Å². The summed E-state index contributed by atoms with van der Waals surface area (Å²) in [5.74, 6) is -2.13. The maximum absolute atomic E-state index is 13.9. The van der Waals surface area contributed by atoms with E-state index in [0.717, 1.165) is 11.1 Å². The Morgan fingerprint density at radius 3 is 2.41 bits per heavy atom. The second kappa shape index (κ2) is 10.9. The Morgan fingerprint density at radius 1 is 1.02 bits per heavy atom. The first-order valence-corrected chi connectivity index (χ1v) is 13.5. The molecule has 3 atom stereocenters. The van der Waals surface area contributed by atoms with Gasteiger partial charge in [-0.1, -0.05) is 66.7 Å².